The van der Waals surface area contributed by atoms with Crippen molar-refractivity contribution in [3.63, 3.8) is 0 Å². The first-order valence-electron chi connectivity index (χ1n) is 6.04. The molecule has 0 aromatic carbocycles. The van der Waals surface area contributed by atoms with Crippen molar-refractivity contribution in [1.82, 2.24) is 10.6 Å². The second kappa shape index (κ2) is 7.69. The van der Waals surface area contributed by atoms with Crippen molar-refractivity contribution in [1.29, 1.82) is 0 Å². The molecule has 0 heterocycles. The molecular weight excluding hydrogens is 188 g/mol. The highest BCUT2D eigenvalue weighted by Crippen LogP contribution is 2.05. The molecule has 0 aliphatic carbocycles. The van der Waals surface area contributed by atoms with E-state index >= 15 is 0 Å². The summed E-state index contributed by atoms with van der Waals surface area (Å²) < 4.78 is 0. The van der Waals surface area contributed by atoms with E-state index < -0.39 is 0 Å². The van der Waals surface area contributed by atoms with Crippen molar-refractivity contribution in [2.45, 2.75) is 59.5 Å². The van der Waals surface area contributed by atoms with Crippen LogP contribution in [0.4, 0.5) is 0 Å². The zero-order valence-corrected chi connectivity index (χ0v) is 10.8. The van der Waals surface area contributed by atoms with Crippen LogP contribution in [0.2, 0.25) is 0 Å². The molecule has 0 saturated carbocycles. The van der Waals surface area contributed by atoms with Gasteiger partial charge in [0.2, 0.25) is 5.91 Å². The maximum atomic E-state index is 11.6. The van der Waals surface area contributed by atoms with Crippen LogP contribution in [0, 0.1) is 5.92 Å². The number of nitrogens with one attached hydrogen (secondary N) is 2. The van der Waals surface area contributed by atoms with Crippen molar-refractivity contribution < 1.29 is 4.79 Å². The van der Waals surface area contributed by atoms with Crippen molar-refractivity contribution in [3.05, 3.63) is 0 Å². The molecule has 0 aliphatic heterocycles. The van der Waals surface area contributed by atoms with Gasteiger partial charge in [-0.2, -0.15) is 0 Å². The van der Waals surface area contributed by atoms with E-state index in [4.69, 9.17) is 0 Å². The molecule has 0 spiro atoms. The number of rotatable bonds is 7. The minimum absolute atomic E-state index is 0.0898. The van der Waals surface area contributed by atoms with Gasteiger partial charge < -0.3 is 10.6 Å². The van der Waals surface area contributed by atoms with Gasteiger partial charge in [-0.1, -0.05) is 26.7 Å². The normalized spacial score (nSPS) is 13.3. The standard InChI is InChI=1S/C12H26N2O/c1-6-11(7-2)8-13-10(5)12(15)14-9(3)4/h9-11,13H,6-8H2,1-5H3,(H,14,15). The molecule has 0 saturated heterocycles. The average Bonchev–Trinajstić information content (AvgIpc) is 2.18. The van der Waals surface area contributed by atoms with Crippen LogP contribution in [0.1, 0.15) is 47.5 Å². The zero-order valence-electron chi connectivity index (χ0n) is 10.8. The summed E-state index contributed by atoms with van der Waals surface area (Å²) in [7, 11) is 0. The number of carbonyl (C=O) groups is 1. The fourth-order valence-electron chi connectivity index (χ4n) is 1.42. The average molecular weight is 214 g/mol. The van der Waals surface area contributed by atoms with E-state index in [0.29, 0.717) is 5.92 Å². The molecule has 1 atom stereocenters. The van der Waals surface area contributed by atoms with Crippen LogP contribution in [0.5, 0.6) is 0 Å². The molecule has 3 nitrogen and oxygen atoms in total. The highest BCUT2D eigenvalue weighted by Gasteiger charge is 2.14. The topological polar surface area (TPSA) is 41.1 Å². The van der Waals surface area contributed by atoms with Crippen LogP contribution in [0.25, 0.3) is 0 Å². The van der Waals surface area contributed by atoms with Gasteiger partial charge in [-0.25, -0.2) is 0 Å². The Morgan fingerprint density at radius 2 is 1.67 bits per heavy atom. The Hall–Kier alpha value is -0.570. The third-order valence-corrected chi connectivity index (χ3v) is 2.69. The molecule has 0 rings (SSSR count). The van der Waals surface area contributed by atoms with Crippen molar-refractivity contribution in [3.8, 4) is 0 Å². The van der Waals surface area contributed by atoms with Gasteiger partial charge in [0.25, 0.3) is 0 Å². The van der Waals surface area contributed by atoms with Crippen LogP contribution < -0.4 is 10.6 Å². The Balaban J connectivity index is 3.81. The lowest BCUT2D eigenvalue weighted by Crippen LogP contribution is -2.45. The van der Waals surface area contributed by atoms with Gasteiger partial charge in [0.05, 0.1) is 6.04 Å². The molecule has 0 bridgehead atoms. The summed E-state index contributed by atoms with van der Waals surface area (Å²) in [6.07, 6.45) is 2.34. The summed E-state index contributed by atoms with van der Waals surface area (Å²) in [6.45, 7) is 11.2. The fraction of sp³-hybridized carbons (Fsp3) is 0.917. The van der Waals surface area contributed by atoms with Crippen LogP contribution >= 0.6 is 0 Å². The van der Waals surface area contributed by atoms with E-state index in [-0.39, 0.29) is 18.0 Å². The van der Waals surface area contributed by atoms with Crippen molar-refractivity contribution >= 4 is 5.91 Å². The predicted octanol–water partition coefficient (Wildman–Crippen LogP) is 1.93. The van der Waals surface area contributed by atoms with E-state index in [1.165, 1.54) is 12.8 Å². The third kappa shape index (κ3) is 6.50. The molecule has 1 unspecified atom stereocenters. The van der Waals surface area contributed by atoms with E-state index in [9.17, 15) is 4.79 Å². The van der Waals surface area contributed by atoms with Gasteiger partial charge in [-0.05, 0) is 33.2 Å². The second-order valence-corrected chi connectivity index (χ2v) is 4.48. The smallest absolute Gasteiger partial charge is 0.237 e. The molecule has 90 valence electrons. The molecular formula is C12H26N2O. The molecule has 0 aromatic rings. The molecule has 1 amide bonds. The van der Waals surface area contributed by atoms with E-state index in [2.05, 4.69) is 24.5 Å². The Labute approximate surface area is 94.0 Å². The molecule has 15 heavy (non-hydrogen) atoms. The first-order valence-corrected chi connectivity index (χ1v) is 6.04. The Bertz CT molecular complexity index is 176. The lowest BCUT2D eigenvalue weighted by atomic mass is 10.0. The summed E-state index contributed by atoms with van der Waals surface area (Å²) in [5, 5.41) is 6.18. The molecule has 0 fully saturated rings. The molecule has 2 N–H and O–H groups in total. The van der Waals surface area contributed by atoms with Crippen LogP contribution in [0.15, 0.2) is 0 Å². The summed E-state index contributed by atoms with van der Waals surface area (Å²) >= 11 is 0. The number of carbonyl (C=O) groups excluding carboxylic acids is 1. The summed E-state index contributed by atoms with van der Waals surface area (Å²) in [4.78, 5) is 11.6. The number of hydrogen-bond donors (Lipinski definition) is 2. The lowest BCUT2D eigenvalue weighted by Gasteiger charge is -2.19. The molecule has 0 radical (unpaired) electrons. The minimum atomic E-state index is -0.0898. The SMILES string of the molecule is CCC(CC)CNC(C)C(=O)NC(C)C. The van der Waals surface area contributed by atoms with Crippen LogP contribution in [0.3, 0.4) is 0 Å². The Kier molecular flexibility index (Phi) is 7.39. The lowest BCUT2D eigenvalue weighted by molar-refractivity contribution is -0.123. The van der Waals surface area contributed by atoms with Crippen molar-refractivity contribution in [2.75, 3.05) is 6.54 Å². The Morgan fingerprint density at radius 3 is 2.07 bits per heavy atom. The van der Waals surface area contributed by atoms with E-state index in [1.807, 2.05) is 20.8 Å². The van der Waals surface area contributed by atoms with Gasteiger partial charge in [-0.15, -0.1) is 0 Å². The third-order valence-electron chi connectivity index (χ3n) is 2.69. The number of amides is 1. The second-order valence-electron chi connectivity index (χ2n) is 4.48. The van der Waals surface area contributed by atoms with Gasteiger partial charge in [0.1, 0.15) is 0 Å². The fourth-order valence-corrected chi connectivity index (χ4v) is 1.42. The highest BCUT2D eigenvalue weighted by molar-refractivity contribution is 5.81. The van der Waals surface area contributed by atoms with Crippen LogP contribution in [-0.4, -0.2) is 24.5 Å². The summed E-state index contributed by atoms with van der Waals surface area (Å²) in [5.74, 6) is 0.773. The Morgan fingerprint density at radius 1 is 1.13 bits per heavy atom. The van der Waals surface area contributed by atoms with Gasteiger partial charge in [0, 0.05) is 6.04 Å². The van der Waals surface area contributed by atoms with Gasteiger partial charge in [0.15, 0.2) is 0 Å². The van der Waals surface area contributed by atoms with Gasteiger partial charge >= 0.3 is 0 Å². The largest absolute Gasteiger partial charge is 0.353 e. The van der Waals surface area contributed by atoms with Crippen LogP contribution in [-0.2, 0) is 4.79 Å². The molecule has 0 aliphatic rings. The predicted molar refractivity (Wildman–Crippen MR) is 64.8 cm³/mol. The quantitative estimate of drug-likeness (QED) is 0.680. The first kappa shape index (κ1) is 14.4. The minimum Gasteiger partial charge on any atom is -0.353 e. The van der Waals surface area contributed by atoms with Crippen molar-refractivity contribution in [2.24, 2.45) is 5.92 Å². The molecule has 3 heteroatoms. The summed E-state index contributed by atoms with van der Waals surface area (Å²) in [6, 6.07) is 0.128. The van der Waals surface area contributed by atoms with Gasteiger partial charge in [-0.3, -0.25) is 4.79 Å². The maximum absolute atomic E-state index is 11.6. The first-order chi connectivity index (χ1) is 7.01. The molecule has 0 aromatic heterocycles. The highest BCUT2D eigenvalue weighted by atomic mass is 16.2. The van der Waals surface area contributed by atoms with E-state index in [0.717, 1.165) is 6.54 Å². The maximum Gasteiger partial charge on any atom is 0.237 e. The monoisotopic (exact) mass is 214 g/mol. The van der Waals surface area contributed by atoms with E-state index in [1.54, 1.807) is 0 Å². The number of hydrogen-bond acceptors (Lipinski definition) is 2. The zero-order chi connectivity index (χ0) is 11.8. The summed E-state index contributed by atoms with van der Waals surface area (Å²) in [5.41, 5.74) is 0.